The minimum absolute atomic E-state index is 0.173. The van der Waals surface area contributed by atoms with Crippen LogP contribution in [0.4, 0.5) is 5.69 Å². The molecular formula is C18H15N3O4. The van der Waals surface area contributed by atoms with Crippen LogP contribution in [-0.2, 0) is 4.79 Å². The smallest absolute Gasteiger partial charge is 0.279 e. The van der Waals surface area contributed by atoms with Crippen LogP contribution in [0.2, 0.25) is 0 Å². The van der Waals surface area contributed by atoms with E-state index in [4.69, 9.17) is 9.47 Å². The van der Waals surface area contributed by atoms with Crippen molar-refractivity contribution < 1.29 is 19.4 Å². The van der Waals surface area contributed by atoms with Crippen molar-refractivity contribution in [1.82, 2.24) is 4.90 Å². The summed E-state index contributed by atoms with van der Waals surface area (Å²) in [6.45, 7) is 0.204. The standard InChI is InChI=1S/C18H15N3O4/c1-21-17(23)14(8-11-2-7-15-16(9-11)25-10-24-15)20-18(21)19-12-3-5-13(22)6-4-12/h2-9,22H,10H2,1H3,(H,19,20)/b14-8+. The Hall–Kier alpha value is -3.48. The van der Waals surface area contributed by atoms with Gasteiger partial charge in [0.2, 0.25) is 12.8 Å². The summed E-state index contributed by atoms with van der Waals surface area (Å²) < 4.78 is 10.6. The van der Waals surface area contributed by atoms with E-state index in [0.717, 1.165) is 11.3 Å². The molecular weight excluding hydrogens is 322 g/mol. The number of likely N-dealkylation sites (N-methyl/N-ethyl adjacent to an activating group) is 1. The molecule has 0 radical (unpaired) electrons. The molecule has 0 aliphatic carbocycles. The van der Waals surface area contributed by atoms with Crippen molar-refractivity contribution in [3.8, 4) is 17.2 Å². The molecule has 2 aromatic rings. The summed E-state index contributed by atoms with van der Waals surface area (Å²) in [6, 6.07) is 12.0. The highest BCUT2D eigenvalue weighted by molar-refractivity contribution is 6.17. The quantitative estimate of drug-likeness (QED) is 0.649. The van der Waals surface area contributed by atoms with Crippen molar-refractivity contribution in [1.29, 1.82) is 0 Å². The Kier molecular flexibility index (Phi) is 3.53. The zero-order valence-electron chi connectivity index (χ0n) is 13.4. The minimum Gasteiger partial charge on any atom is -0.508 e. The van der Waals surface area contributed by atoms with Gasteiger partial charge in [-0.3, -0.25) is 9.69 Å². The Morgan fingerprint density at radius 2 is 1.92 bits per heavy atom. The van der Waals surface area contributed by atoms with Gasteiger partial charge in [-0.2, -0.15) is 0 Å². The summed E-state index contributed by atoms with van der Waals surface area (Å²) in [5.41, 5.74) is 1.85. The zero-order chi connectivity index (χ0) is 17.4. The first-order valence-corrected chi connectivity index (χ1v) is 7.64. The minimum atomic E-state index is -0.209. The van der Waals surface area contributed by atoms with Gasteiger partial charge in [0, 0.05) is 12.7 Å². The van der Waals surface area contributed by atoms with Gasteiger partial charge in [0.25, 0.3) is 5.91 Å². The number of nitrogens with one attached hydrogen (secondary N) is 1. The van der Waals surface area contributed by atoms with E-state index in [0.29, 0.717) is 23.2 Å². The fourth-order valence-electron chi connectivity index (χ4n) is 2.55. The molecule has 0 bridgehead atoms. The Morgan fingerprint density at radius 3 is 2.72 bits per heavy atom. The molecule has 2 aliphatic rings. The summed E-state index contributed by atoms with van der Waals surface area (Å²) in [7, 11) is 1.65. The van der Waals surface area contributed by atoms with Crippen LogP contribution in [-0.4, -0.2) is 35.7 Å². The normalized spacial score (nSPS) is 17.2. The van der Waals surface area contributed by atoms with Gasteiger partial charge in [0.05, 0.1) is 0 Å². The molecule has 4 rings (SSSR count). The molecule has 126 valence electrons. The van der Waals surface area contributed by atoms with E-state index >= 15 is 0 Å². The van der Waals surface area contributed by atoms with Crippen LogP contribution < -0.4 is 14.8 Å². The van der Waals surface area contributed by atoms with E-state index < -0.39 is 0 Å². The van der Waals surface area contributed by atoms with Crippen molar-refractivity contribution in [3.05, 3.63) is 53.7 Å². The van der Waals surface area contributed by atoms with Gasteiger partial charge in [0.1, 0.15) is 11.4 Å². The van der Waals surface area contributed by atoms with Gasteiger partial charge in [-0.15, -0.1) is 0 Å². The second kappa shape index (κ2) is 5.86. The average molecular weight is 337 g/mol. The molecule has 2 aromatic carbocycles. The summed E-state index contributed by atoms with van der Waals surface area (Å²) in [6.07, 6.45) is 1.70. The number of carbonyl (C=O) groups is 1. The highest BCUT2D eigenvalue weighted by Crippen LogP contribution is 2.33. The lowest BCUT2D eigenvalue weighted by Crippen LogP contribution is -2.32. The predicted molar refractivity (Wildman–Crippen MR) is 92.5 cm³/mol. The number of hydrogen-bond acceptors (Lipinski definition) is 6. The van der Waals surface area contributed by atoms with Crippen LogP contribution >= 0.6 is 0 Å². The molecule has 25 heavy (non-hydrogen) atoms. The molecule has 7 nitrogen and oxygen atoms in total. The third-order valence-corrected chi connectivity index (χ3v) is 3.89. The lowest BCUT2D eigenvalue weighted by atomic mass is 10.1. The number of aliphatic imine (C=N–C) groups is 1. The number of phenols is 1. The van der Waals surface area contributed by atoms with Gasteiger partial charge in [-0.05, 0) is 48.0 Å². The molecule has 2 aliphatic heterocycles. The van der Waals surface area contributed by atoms with Crippen LogP contribution in [0.25, 0.3) is 6.08 Å². The zero-order valence-corrected chi connectivity index (χ0v) is 13.4. The first-order valence-electron chi connectivity index (χ1n) is 7.64. The molecule has 0 spiro atoms. The molecule has 0 saturated carbocycles. The van der Waals surface area contributed by atoms with Gasteiger partial charge < -0.3 is 19.9 Å². The van der Waals surface area contributed by atoms with Crippen LogP contribution in [0.3, 0.4) is 0 Å². The highest BCUT2D eigenvalue weighted by atomic mass is 16.7. The number of phenolic OH excluding ortho intramolecular Hbond substituents is 1. The van der Waals surface area contributed by atoms with Crippen molar-refractivity contribution >= 4 is 23.6 Å². The summed E-state index contributed by atoms with van der Waals surface area (Å²) in [5, 5.41) is 12.4. The maximum atomic E-state index is 12.4. The van der Waals surface area contributed by atoms with Crippen molar-refractivity contribution in [2.24, 2.45) is 4.99 Å². The van der Waals surface area contributed by atoms with E-state index in [1.54, 1.807) is 43.5 Å². The Bertz CT molecular complexity index is 903. The molecule has 0 saturated heterocycles. The number of ether oxygens (including phenoxy) is 2. The number of amides is 1. The van der Waals surface area contributed by atoms with Crippen LogP contribution in [0, 0.1) is 0 Å². The van der Waals surface area contributed by atoms with E-state index in [1.165, 1.54) is 4.90 Å². The number of anilines is 1. The van der Waals surface area contributed by atoms with Gasteiger partial charge in [-0.25, -0.2) is 4.99 Å². The third kappa shape index (κ3) is 2.87. The Balaban J connectivity index is 1.60. The molecule has 1 amide bonds. The van der Waals surface area contributed by atoms with Gasteiger partial charge in [-0.1, -0.05) is 6.07 Å². The fourth-order valence-corrected chi connectivity index (χ4v) is 2.55. The van der Waals surface area contributed by atoms with E-state index in [-0.39, 0.29) is 18.4 Å². The molecule has 0 unspecified atom stereocenters. The topological polar surface area (TPSA) is 83.4 Å². The first kappa shape index (κ1) is 15.1. The van der Waals surface area contributed by atoms with Crippen LogP contribution in [0.1, 0.15) is 5.56 Å². The van der Waals surface area contributed by atoms with Crippen LogP contribution in [0.5, 0.6) is 17.2 Å². The second-order valence-electron chi connectivity index (χ2n) is 5.61. The van der Waals surface area contributed by atoms with Crippen LogP contribution in [0.15, 0.2) is 53.2 Å². The molecule has 0 aromatic heterocycles. The third-order valence-electron chi connectivity index (χ3n) is 3.89. The number of guanidine groups is 1. The molecule has 7 heteroatoms. The van der Waals surface area contributed by atoms with Crippen molar-refractivity contribution in [2.75, 3.05) is 19.2 Å². The first-order chi connectivity index (χ1) is 12.1. The SMILES string of the molecule is CN1C(=O)/C(=C\c2ccc3c(c2)OCO3)N=C1Nc1ccc(O)cc1. The maximum Gasteiger partial charge on any atom is 0.279 e. The molecule has 2 heterocycles. The number of carbonyl (C=O) groups excluding carboxylic acids is 1. The number of benzene rings is 2. The summed E-state index contributed by atoms with van der Waals surface area (Å²) >= 11 is 0. The second-order valence-corrected chi connectivity index (χ2v) is 5.61. The van der Waals surface area contributed by atoms with Gasteiger partial charge in [0.15, 0.2) is 11.5 Å². The number of rotatable bonds is 2. The lowest BCUT2D eigenvalue weighted by Gasteiger charge is -2.13. The Labute approximate surface area is 143 Å². The monoisotopic (exact) mass is 337 g/mol. The molecule has 2 N–H and O–H groups in total. The largest absolute Gasteiger partial charge is 0.508 e. The predicted octanol–water partition coefficient (Wildman–Crippen LogP) is 2.40. The molecule has 0 atom stereocenters. The maximum absolute atomic E-state index is 12.4. The Morgan fingerprint density at radius 1 is 1.16 bits per heavy atom. The number of nitrogens with zero attached hydrogens (tertiary/aromatic N) is 2. The highest BCUT2D eigenvalue weighted by Gasteiger charge is 2.27. The summed E-state index contributed by atoms with van der Waals surface area (Å²) in [4.78, 5) is 18.2. The number of hydrogen-bond donors (Lipinski definition) is 2. The van der Waals surface area contributed by atoms with E-state index in [9.17, 15) is 9.90 Å². The van der Waals surface area contributed by atoms with Crippen molar-refractivity contribution in [2.45, 2.75) is 0 Å². The lowest BCUT2D eigenvalue weighted by molar-refractivity contribution is -0.121. The number of aromatic hydroxyl groups is 1. The van der Waals surface area contributed by atoms with Gasteiger partial charge >= 0.3 is 0 Å². The molecule has 0 fully saturated rings. The van der Waals surface area contributed by atoms with Crippen molar-refractivity contribution in [3.63, 3.8) is 0 Å². The summed E-state index contributed by atoms with van der Waals surface area (Å²) in [5.74, 6) is 1.73. The number of fused-ring (bicyclic) bond motifs is 1. The van der Waals surface area contributed by atoms with E-state index in [2.05, 4.69) is 10.3 Å². The average Bonchev–Trinajstić information content (AvgIpc) is 3.17. The fraction of sp³-hybridized carbons (Fsp3) is 0.111. The van der Waals surface area contributed by atoms with E-state index in [1.807, 2.05) is 12.1 Å².